The number of benzene rings is 2. The van der Waals surface area contributed by atoms with Gasteiger partial charge in [-0.25, -0.2) is 6.42 Å². The van der Waals surface area contributed by atoms with Gasteiger partial charge in [-0.1, -0.05) is 42.4 Å². The van der Waals surface area contributed by atoms with E-state index in [1.807, 2.05) is 55.4 Å². The van der Waals surface area contributed by atoms with E-state index in [-0.39, 0.29) is 49.0 Å². The van der Waals surface area contributed by atoms with Crippen LogP contribution in [-0.2, 0) is 22.4 Å². The number of nitrogens with one attached hydrogen (secondary N) is 2. The number of likely N-dealkylation sites (N-methyl/N-ethyl adjacent to an activating group) is 1. The van der Waals surface area contributed by atoms with E-state index in [0.29, 0.717) is 12.8 Å². The molecule has 2 heterocycles. The molecular formula is C24H24N4O2U. The van der Waals surface area contributed by atoms with Crippen LogP contribution in [0.15, 0.2) is 42.5 Å². The number of piperidine rings is 1. The fraction of sp³-hybridized carbons (Fsp3) is 0.292. The van der Waals surface area contributed by atoms with Crippen molar-refractivity contribution in [3.63, 3.8) is 0 Å². The summed E-state index contributed by atoms with van der Waals surface area (Å²) in [4.78, 5) is 26.1. The molecule has 0 unspecified atom stereocenters. The Hall–Kier alpha value is -2.12. The van der Waals surface area contributed by atoms with E-state index in [4.69, 9.17) is 0 Å². The minimum Gasteiger partial charge on any atom is -0.485 e. The van der Waals surface area contributed by atoms with Gasteiger partial charge in [0.1, 0.15) is 6.04 Å². The summed E-state index contributed by atoms with van der Waals surface area (Å²) in [5.41, 5.74) is 5.07. The average molecular weight is 639 g/mol. The van der Waals surface area contributed by atoms with Gasteiger partial charge in [0, 0.05) is 19.2 Å². The summed E-state index contributed by atoms with van der Waals surface area (Å²) in [6.45, 7) is 1.88. The van der Waals surface area contributed by atoms with Gasteiger partial charge in [-0.3, -0.25) is 16.1 Å². The van der Waals surface area contributed by atoms with Crippen LogP contribution in [0.4, 0.5) is 5.69 Å². The molecule has 2 aliphatic heterocycles. The van der Waals surface area contributed by atoms with E-state index < -0.39 is 6.04 Å². The molecule has 2 N–H and O–H groups in total. The van der Waals surface area contributed by atoms with Crippen molar-refractivity contribution in [1.82, 2.24) is 10.6 Å². The summed E-state index contributed by atoms with van der Waals surface area (Å²) < 4.78 is 0. The van der Waals surface area contributed by atoms with E-state index in [0.717, 1.165) is 40.8 Å². The summed E-state index contributed by atoms with van der Waals surface area (Å²) in [6, 6.07) is 15.2. The molecule has 2 aromatic carbocycles. The summed E-state index contributed by atoms with van der Waals surface area (Å²) in [6.07, 6.45) is 4.54. The van der Waals surface area contributed by atoms with Gasteiger partial charge in [-0.15, -0.1) is 0 Å². The standard InChI is InChI=1S/C24H24N4O2.U/c1-28-22-7-4-5-19(20(22)14-23(28)29)17-10-8-16(9-11-17)13-18(15-25)27-24(30)21-6-2-3-12-26-21;/h4-12,18,21,26H,2-3,13-14H2,1H3,(H,27,30);/q-2;+2/t18-,21-;/m0./s1. The zero-order chi connectivity index (χ0) is 21.1. The zero-order valence-electron chi connectivity index (χ0n) is 17.4. The third kappa shape index (κ3) is 5.21. The number of amides is 2. The molecule has 0 aromatic heterocycles. The maximum atomic E-state index is 12.4. The van der Waals surface area contributed by atoms with Crippen LogP contribution in [0.2, 0.25) is 0 Å². The first-order valence-electron chi connectivity index (χ1n) is 10.2. The molecule has 2 amide bonds. The van der Waals surface area contributed by atoms with Crippen LogP contribution in [0, 0.1) is 55.4 Å². The molecule has 2 aromatic rings. The molecule has 2 aliphatic rings. The smallest absolute Gasteiger partial charge is 0.485 e. The normalized spacial score (nSPS) is 18.5. The van der Waals surface area contributed by atoms with Crippen molar-refractivity contribution >= 4 is 17.5 Å². The van der Waals surface area contributed by atoms with Crippen LogP contribution in [0.5, 0.6) is 0 Å². The zero-order valence-corrected chi connectivity index (χ0v) is 21.6. The van der Waals surface area contributed by atoms with E-state index in [2.05, 4.69) is 16.7 Å². The predicted molar refractivity (Wildman–Crippen MR) is 115 cm³/mol. The first-order chi connectivity index (χ1) is 14.6. The number of hydrogen-bond acceptors (Lipinski definition) is 4. The molecule has 0 bridgehead atoms. The fourth-order valence-corrected chi connectivity index (χ4v) is 4.00. The molecule has 7 heteroatoms. The first kappa shape index (κ1) is 23.5. The second-order valence-electron chi connectivity index (χ2n) is 7.69. The van der Waals surface area contributed by atoms with Gasteiger partial charge in [-0.2, -0.15) is 11.7 Å². The molecule has 1 saturated heterocycles. The van der Waals surface area contributed by atoms with Crippen molar-refractivity contribution < 1.29 is 40.7 Å². The molecule has 0 aliphatic carbocycles. The third-order valence-corrected chi connectivity index (χ3v) is 5.69. The predicted octanol–water partition coefficient (Wildman–Crippen LogP) is 2.54. The van der Waals surface area contributed by atoms with E-state index in [1.165, 1.54) is 0 Å². The minimum absolute atomic E-state index is 0. The second-order valence-corrected chi connectivity index (χ2v) is 7.69. The number of anilines is 1. The molecule has 156 valence electrons. The van der Waals surface area contributed by atoms with E-state index in [9.17, 15) is 14.9 Å². The minimum atomic E-state index is -0.590. The number of rotatable bonds is 5. The van der Waals surface area contributed by atoms with Gasteiger partial charge in [-0.05, 0) is 28.3 Å². The number of fused-ring (bicyclic) bond motifs is 1. The summed E-state index contributed by atoms with van der Waals surface area (Å²) in [5, 5.41) is 15.3. The van der Waals surface area contributed by atoms with Gasteiger partial charge in [0.15, 0.2) is 0 Å². The Kier molecular flexibility index (Phi) is 7.95. The summed E-state index contributed by atoms with van der Waals surface area (Å²) >= 11 is 0. The van der Waals surface area contributed by atoms with Crippen LogP contribution in [-0.4, -0.2) is 30.9 Å². The van der Waals surface area contributed by atoms with Gasteiger partial charge < -0.3 is 22.0 Å². The molecule has 0 radical (unpaired) electrons. The van der Waals surface area contributed by atoms with Crippen LogP contribution < -0.4 is 15.5 Å². The Morgan fingerprint density at radius 3 is 2.74 bits per heavy atom. The SMILES string of the molecule is CN1C(=O)Cc2c(-c3ccc(C[C@@H](C#N)NC(=O)[C@@H]4[CH-]CC[CH-]N4)cc3)cccc21.[U+2]. The first-order valence-corrected chi connectivity index (χ1v) is 10.2. The van der Waals surface area contributed by atoms with Crippen molar-refractivity contribution in [2.24, 2.45) is 0 Å². The van der Waals surface area contributed by atoms with Crippen molar-refractivity contribution in [2.45, 2.75) is 37.8 Å². The molecule has 31 heavy (non-hydrogen) atoms. The number of nitriles is 1. The number of nitrogens with zero attached hydrogens (tertiary/aromatic N) is 2. The molecule has 0 spiro atoms. The van der Waals surface area contributed by atoms with Gasteiger partial charge >= 0.3 is 31.1 Å². The fourth-order valence-electron chi connectivity index (χ4n) is 4.00. The third-order valence-electron chi connectivity index (χ3n) is 5.69. The molecule has 0 saturated carbocycles. The number of carbonyl (C=O) groups is 2. The Bertz CT molecular complexity index is 994. The maximum absolute atomic E-state index is 12.4. The molecule has 6 nitrogen and oxygen atoms in total. The topological polar surface area (TPSA) is 85.2 Å². The van der Waals surface area contributed by atoms with Crippen LogP contribution in [0.1, 0.15) is 24.0 Å². The Labute approximate surface area is 206 Å². The number of carbonyl (C=O) groups excluding carboxylic acids is 2. The van der Waals surface area contributed by atoms with Crippen LogP contribution >= 0.6 is 0 Å². The average Bonchev–Trinajstić information content (AvgIpc) is 3.08. The second kappa shape index (κ2) is 10.5. The molecule has 1 fully saturated rings. The van der Waals surface area contributed by atoms with Crippen molar-refractivity contribution in [3.8, 4) is 17.2 Å². The molecule has 2 atom stereocenters. The maximum Gasteiger partial charge on any atom is 2.00 e. The van der Waals surface area contributed by atoms with E-state index in [1.54, 1.807) is 11.9 Å². The van der Waals surface area contributed by atoms with Crippen LogP contribution in [0.3, 0.4) is 0 Å². The molecular weight excluding hydrogens is 614 g/mol. The van der Waals surface area contributed by atoms with Gasteiger partial charge in [0.2, 0.25) is 11.8 Å². The quantitative estimate of drug-likeness (QED) is 0.494. The van der Waals surface area contributed by atoms with Crippen LogP contribution in [0.25, 0.3) is 11.1 Å². The van der Waals surface area contributed by atoms with Crippen molar-refractivity contribution in [1.29, 1.82) is 5.26 Å². The Balaban J connectivity index is 0.00000272. The Morgan fingerprint density at radius 2 is 2.06 bits per heavy atom. The Morgan fingerprint density at radius 1 is 1.29 bits per heavy atom. The van der Waals surface area contributed by atoms with Crippen molar-refractivity contribution in [2.75, 3.05) is 11.9 Å². The van der Waals surface area contributed by atoms with Crippen molar-refractivity contribution in [3.05, 3.63) is 66.6 Å². The van der Waals surface area contributed by atoms with Gasteiger partial charge in [0.05, 0.1) is 12.5 Å². The number of hydrogen-bond donors (Lipinski definition) is 2. The summed E-state index contributed by atoms with van der Waals surface area (Å²) in [7, 11) is 1.80. The molecule has 4 rings (SSSR count). The van der Waals surface area contributed by atoms with Gasteiger partial charge in [0.25, 0.3) is 0 Å². The monoisotopic (exact) mass is 638 g/mol. The largest absolute Gasteiger partial charge is 2.00 e. The van der Waals surface area contributed by atoms with E-state index >= 15 is 0 Å². The summed E-state index contributed by atoms with van der Waals surface area (Å²) in [5.74, 6) is -0.0771.